The Morgan fingerprint density at radius 2 is 2.12 bits per heavy atom. The number of hydrogen-bond donors (Lipinski definition) is 1. The van der Waals surface area contributed by atoms with Gasteiger partial charge in [0.1, 0.15) is 10.5 Å². The molecule has 17 heavy (non-hydrogen) atoms. The van der Waals surface area contributed by atoms with E-state index in [2.05, 4.69) is 10.1 Å². The van der Waals surface area contributed by atoms with Crippen LogP contribution in [0.5, 0.6) is 0 Å². The van der Waals surface area contributed by atoms with Crippen molar-refractivity contribution in [1.82, 2.24) is 14.6 Å². The first-order valence-electron chi connectivity index (χ1n) is 5.66. The predicted molar refractivity (Wildman–Crippen MR) is 63.6 cm³/mol. The lowest BCUT2D eigenvalue weighted by atomic mass is 10.0. The van der Waals surface area contributed by atoms with Crippen molar-refractivity contribution in [2.75, 3.05) is 5.73 Å². The highest BCUT2D eigenvalue weighted by atomic mass is 35.5. The highest BCUT2D eigenvalue weighted by molar-refractivity contribution is 6.32. The molecule has 1 aliphatic rings. The molecular weight excluding hydrogens is 243 g/mol. The van der Waals surface area contributed by atoms with Crippen LogP contribution in [-0.2, 0) is 0 Å². The van der Waals surface area contributed by atoms with Crippen molar-refractivity contribution in [3.63, 3.8) is 0 Å². The summed E-state index contributed by atoms with van der Waals surface area (Å²) < 4.78 is 15.4. The summed E-state index contributed by atoms with van der Waals surface area (Å²) >= 11 is 6.06. The van der Waals surface area contributed by atoms with Crippen LogP contribution in [0.25, 0.3) is 5.52 Å². The Labute approximate surface area is 103 Å². The lowest BCUT2D eigenvalue weighted by molar-refractivity contribution is 0.637. The Kier molecular flexibility index (Phi) is 2.43. The third-order valence-electron chi connectivity index (χ3n) is 3.36. The number of anilines is 1. The zero-order valence-electron chi connectivity index (χ0n) is 9.16. The van der Waals surface area contributed by atoms with Gasteiger partial charge in [0.15, 0.2) is 5.82 Å². The number of hydrogen-bond acceptors (Lipinski definition) is 3. The largest absolute Gasteiger partial charge is 0.367 e. The molecule has 1 aliphatic carbocycles. The van der Waals surface area contributed by atoms with Crippen LogP contribution in [0.1, 0.15) is 37.3 Å². The van der Waals surface area contributed by atoms with Crippen molar-refractivity contribution in [2.45, 2.75) is 31.6 Å². The lowest BCUT2D eigenvalue weighted by Gasteiger charge is -2.09. The van der Waals surface area contributed by atoms with Crippen molar-refractivity contribution in [1.29, 1.82) is 0 Å². The predicted octanol–water partition coefficient (Wildman–Crippen LogP) is 2.76. The fourth-order valence-corrected chi connectivity index (χ4v) is 2.90. The number of aromatic nitrogens is 3. The maximum absolute atomic E-state index is 13.9. The van der Waals surface area contributed by atoms with Gasteiger partial charge in [0, 0.05) is 5.92 Å². The first-order chi connectivity index (χ1) is 8.18. The molecule has 2 heterocycles. The van der Waals surface area contributed by atoms with E-state index in [0.717, 1.165) is 31.4 Å². The number of nitrogens with two attached hydrogens (primary N) is 1. The molecule has 0 bridgehead atoms. The van der Waals surface area contributed by atoms with Gasteiger partial charge < -0.3 is 5.73 Å². The number of fused-ring (bicyclic) bond motifs is 1. The average molecular weight is 255 g/mol. The minimum Gasteiger partial charge on any atom is -0.367 e. The van der Waals surface area contributed by atoms with Crippen molar-refractivity contribution in [2.24, 2.45) is 0 Å². The number of nitrogens with zero attached hydrogens (tertiary/aromatic N) is 3. The Morgan fingerprint density at radius 1 is 1.41 bits per heavy atom. The maximum Gasteiger partial charge on any atom is 0.238 e. The van der Waals surface area contributed by atoms with Gasteiger partial charge in [-0.15, -0.1) is 5.10 Å². The molecule has 0 unspecified atom stereocenters. The molecule has 0 amide bonds. The molecule has 0 aromatic carbocycles. The molecule has 4 nitrogen and oxygen atoms in total. The highest BCUT2D eigenvalue weighted by Crippen LogP contribution is 2.40. The standard InChI is InChI=1S/C11H12ClFN4/c12-8-9(13)7-5-15-11(14)16-17(7)10(8)6-3-1-2-4-6/h5-6H,1-4H2,(H2,14,16). The molecule has 0 radical (unpaired) electrons. The molecule has 3 rings (SSSR count). The van der Waals surface area contributed by atoms with E-state index >= 15 is 0 Å². The normalized spacial score (nSPS) is 17.1. The topological polar surface area (TPSA) is 56.2 Å². The van der Waals surface area contributed by atoms with Crippen molar-refractivity contribution in [3.05, 3.63) is 22.7 Å². The van der Waals surface area contributed by atoms with Crippen LogP contribution >= 0.6 is 11.6 Å². The van der Waals surface area contributed by atoms with Gasteiger partial charge in [-0.2, -0.15) is 0 Å². The van der Waals surface area contributed by atoms with Crippen LogP contribution in [0.3, 0.4) is 0 Å². The van der Waals surface area contributed by atoms with Gasteiger partial charge in [0.25, 0.3) is 0 Å². The van der Waals surface area contributed by atoms with E-state index < -0.39 is 5.82 Å². The van der Waals surface area contributed by atoms with Gasteiger partial charge in [0.05, 0.1) is 11.9 Å². The number of halogens is 2. The van der Waals surface area contributed by atoms with Crippen LogP contribution in [0, 0.1) is 5.82 Å². The molecule has 2 aromatic rings. The fraction of sp³-hybridized carbons (Fsp3) is 0.455. The highest BCUT2D eigenvalue weighted by Gasteiger charge is 2.27. The van der Waals surface area contributed by atoms with E-state index in [1.165, 1.54) is 10.7 Å². The summed E-state index contributed by atoms with van der Waals surface area (Å²) in [6.07, 6.45) is 5.72. The third kappa shape index (κ3) is 1.57. The molecule has 0 spiro atoms. The van der Waals surface area contributed by atoms with Crippen molar-refractivity contribution >= 4 is 23.1 Å². The molecule has 0 aliphatic heterocycles. The van der Waals surface area contributed by atoms with Gasteiger partial charge >= 0.3 is 0 Å². The van der Waals surface area contributed by atoms with Crippen molar-refractivity contribution in [3.8, 4) is 0 Å². The van der Waals surface area contributed by atoms with Crippen molar-refractivity contribution < 1.29 is 4.39 Å². The Hall–Kier alpha value is -1.36. The van der Waals surface area contributed by atoms with Gasteiger partial charge in [-0.05, 0) is 12.8 Å². The molecule has 0 atom stereocenters. The van der Waals surface area contributed by atoms with Gasteiger partial charge in [-0.1, -0.05) is 24.4 Å². The lowest BCUT2D eigenvalue weighted by Crippen LogP contribution is -2.06. The number of nitrogen functional groups attached to an aromatic ring is 1. The van der Waals surface area contributed by atoms with Crippen LogP contribution in [-0.4, -0.2) is 14.6 Å². The molecule has 2 N–H and O–H groups in total. The second-order valence-electron chi connectivity index (χ2n) is 4.41. The van der Waals surface area contributed by atoms with Crippen LogP contribution < -0.4 is 5.73 Å². The van der Waals surface area contributed by atoms with Gasteiger partial charge in [-0.3, -0.25) is 0 Å². The summed E-state index contributed by atoms with van der Waals surface area (Å²) in [7, 11) is 0. The first kappa shape index (κ1) is 10.8. The zero-order valence-corrected chi connectivity index (χ0v) is 9.91. The second-order valence-corrected chi connectivity index (χ2v) is 4.79. The average Bonchev–Trinajstić information content (AvgIpc) is 2.88. The van der Waals surface area contributed by atoms with E-state index in [4.69, 9.17) is 17.3 Å². The molecule has 6 heteroatoms. The summed E-state index contributed by atoms with van der Waals surface area (Å²) in [5, 5.41) is 4.22. The van der Waals surface area contributed by atoms with Crippen LogP contribution in [0.4, 0.5) is 10.3 Å². The van der Waals surface area contributed by atoms with E-state index in [0.29, 0.717) is 5.52 Å². The zero-order chi connectivity index (χ0) is 12.0. The molecule has 2 aromatic heterocycles. The third-order valence-corrected chi connectivity index (χ3v) is 3.72. The van der Waals surface area contributed by atoms with Gasteiger partial charge in [0.2, 0.25) is 5.95 Å². The summed E-state index contributed by atoms with van der Waals surface area (Å²) in [5.41, 5.74) is 6.58. The Morgan fingerprint density at radius 3 is 2.82 bits per heavy atom. The molecule has 90 valence electrons. The molecular formula is C11H12ClFN4. The Bertz CT molecular complexity index is 574. The van der Waals surface area contributed by atoms with E-state index in [9.17, 15) is 4.39 Å². The summed E-state index contributed by atoms with van der Waals surface area (Å²) in [4.78, 5) is 3.80. The first-order valence-corrected chi connectivity index (χ1v) is 6.04. The van der Waals surface area contributed by atoms with E-state index in [1.807, 2.05) is 0 Å². The smallest absolute Gasteiger partial charge is 0.238 e. The second kappa shape index (κ2) is 3.84. The van der Waals surface area contributed by atoms with Crippen LogP contribution in [0.15, 0.2) is 6.20 Å². The summed E-state index contributed by atoms with van der Waals surface area (Å²) in [5.74, 6) is -0.0502. The quantitative estimate of drug-likeness (QED) is 0.851. The Balaban J connectivity index is 2.27. The molecule has 1 saturated carbocycles. The van der Waals surface area contributed by atoms with E-state index in [-0.39, 0.29) is 16.9 Å². The minimum absolute atomic E-state index is 0.128. The SMILES string of the molecule is Nc1ncc2c(F)c(Cl)c(C3CCCC3)n2n1. The summed E-state index contributed by atoms with van der Waals surface area (Å²) in [6.45, 7) is 0. The number of rotatable bonds is 1. The molecule has 1 fully saturated rings. The summed E-state index contributed by atoms with van der Waals surface area (Å²) in [6, 6.07) is 0. The monoisotopic (exact) mass is 254 g/mol. The fourth-order valence-electron chi connectivity index (χ4n) is 2.57. The maximum atomic E-state index is 13.9. The van der Waals surface area contributed by atoms with E-state index in [1.54, 1.807) is 0 Å². The van der Waals surface area contributed by atoms with Crippen LogP contribution in [0.2, 0.25) is 5.02 Å². The van der Waals surface area contributed by atoms with Gasteiger partial charge in [-0.25, -0.2) is 13.9 Å². The minimum atomic E-state index is -0.450. The molecule has 0 saturated heterocycles.